The van der Waals surface area contributed by atoms with Crippen LogP contribution in [0.5, 0.6) is 0 Å². The van der Waals surface area contributed by atoms with Crippen LogP contribution in [0.25, 0.3) is 0 Å². The van der Waals surface area contributed by atoms with Crippen molar-refractivity contribution in [1.82, 2.24) is 15.0 Å². The SMILES string of the molecule is Cc1ccc(C#N)c(N2CCN(c3ccnc(C)n3)CC2)n1. The highest BCUT2D eigenvalue weighted by molar-refractivity contribution is 5.55. The maximum atomic E-state index is 9.26. The molecule has 0 spiro atoms. The summed E-state index contributed by atoms with van der Waals surface area (Å²) in [7, 11) is 0. The van der Waals surface area contributed by atoms with E-state index in [0.717, 1.165) is 49.3 Å². The molecule has 1 aliphatic rings. The molecule has 1 fully saturated rings. The van der Waals surface area contributed by atoms with Crippen molar-refractivity contribution in [1.29, 1.82) is 5.26 Å². The number of rotatable bonds is 2. The van der Waals surface area contributed by atoms with Crippen LogP contribution >= 0.6 is 0 Å². The van der Waals surface area contributed by atoms with E-state index in [1.54, 1.807) is 6.20 Å². The number of nitriles is 1. The third-order valence-electron chi connectivity index (χ3n) is 3.80. The highest BCUT2D eigenvalue weighted by Crippen LogP contribution is 2.21. The average Bonchev–Trinajstić information content (AvgIpc) is 2.55. The van der Waals surface area contributed by atoms with Gasteiger partial charge in [-0.15, -0.1) is 0 Å². The zero-order valence-electron chi connectivity index (χ0n) is 12.8. The highest BCUT2D eigenvalue weighted by Gasteiger charge is 2.21. The van der Waals surface area contributed by atoms with E-state index < -0.39 is 0 Å². The molecule has 0 aromatic carbocycles. The van der Waals surface area contributed by atoms with Gasteiger partial charge in [-0.1, -0.05) is 0 Å². The van der Waals surface area contributed by atoms with Crippen molar-refractivity contribution in [3.05, 3.63) is 41.5 Å². The van der Waals surface area contributed by atoms with Gasteiger partial charge < -0.3 is 9.80 Å². The van der Waals surface area contributed by atoms with Crippen LogP contribution in [-0.2, 0) is 0 Å². The van der Waals surface area contributed by atoms with E-state index >= 15 is 0 Å². The summed E-state index contributed by atoms with van der Waals surface area (Å²) >= 11 is 0. The smallest absolute Gasteiger partial charge is 0.146 e. The maximum Gasteiger partial charge on any atom is 0.146 e. The van der Waals surface area contributed by atoms with E-state index in [2.05, 4.69) is 30.8 Å². The van der Waals surface area contributed by atoms with E-state index in [0.29, 0.717) is 5.56 Å². The lowest BCUT2D eigenvalue weighted by Gasteiger charge is -2.36. The molecule has 1 saturated heterocycles. The molecule has 22 heavy (non-hydrogen) atoms. The summed E-state index contributed by atoms with van der Waals surface area (Å²) < 4.78 is 0. The summed E-state index contributed by atoms with van der Waals surface area (Å²) in [6.45, 7) is 7.22. The van der Waals surface area contributed by atoms with Gasteiger partial charge in [0.25, 0.3) is 0 Å². The first kappa shape index (κ1) is 14.3. The molecule has 0 aliphatic carbocycles. The van der Waals surface area contributed by atoms with Crippen molar-refractivity contribution >= 4 is 11.6 Å². The Morgan fingerprint density at radius 1 is 1.00 bits per heavy atom. The fourth-order valence-corrected chi connectivity index (χ4v) is 2.64. The quantitative estimate of drug-likeness (QED) is 0.839. The van der Waals surface area contributed by atoms with Gasteiger partial charge in [0.15, 0.2) is 0 Å². The topological polar surface area (TPSA) is 68.9 Å². The van der Waals surface area contributed by atoms with Crippen LogP contribution in [0.15, 0.2) is 24.4 Å². The minimum Gasteiger partial charge on any atom is -0.353 e. The van der Waals surface area contributed by atoms with Crippen molar-refractivity contribution in [2.75, 3.05) is 36.0 Å². The van der Waals surface area contributed by atoms with Crippen LogP contribution in [0.2, 0.25) is 0 Å². The standard InChI is InChI=1S/C16H18N6/c1-12-3-4-14(11-17)16(19-12)22-9-7-21(8-10-22)15-5-6-18-13(2)20-15/h3-6H,7-10H2,1-2H3. The Kier molecular flexibility index (Phi) is 3.88. The van der Waals surface area contributed by atoms with Crippen molar-refractivity contribution in [3.63, 3.8) is 0 Å². The van der Waals surface area contributed by atoms with Crippen LogP contribution in [0.4, 0.5) is 11.6 Å². The van der Waals surface area contributed by atoms with Gasteiger partial charge in [-0.2, -0.15) is 5.26 Å². The Morgan fingerprint density at radius 3 is 2.41 bits per heavy atom. The van der Waals surface area contributed by atoms with Crippen molar-refractivity contribution in [2.45, 2.75) is 13.8 Å². The first-order valence-electron chi connectivity index (χ1n) is 7.34. The molecule has 0 N–H and O–H groups in total. The highest BCUT2D eigenvalue weighted by atomic mass is 15.3. The van der Waals surface area contributed by atoms with Crippen LogP contribution in [0, 0.1) is 25.2 Å². The molecule has 0 unspecified atom stereocenters. The maximum absolute atomic E-state index is 9.26. The molecule has 6 heteroatoms. The number of aryl methyl sites for hydroxylation is 2. The monoisotopic (exact) mass is 294 g/mol. The number of nitrogens with zero attached hydrogens (tertiary/aromatic N) is 6. The molecule has 112 valence electrons. The minimum absolute atomic E-state index is 0.636. The van der Waals surface area contributed by atoms with Crippen LogP contribution < -0.4 is 9.80 Å². The summed E-state index contributed by atoms with van der Waals surface area (Å²) in [6, 6.07) is 7.89. The van der Waals surface area contributed by atoms with Crippen molar-refractivity contribution in [2.24, 2.45) is 0 Å². The zero-order valence-corrected chi connectivity index (χ0v) is 12.8. The lowest BCUT2D eigenvalue weighted by atomic mass is 10.2. The molecule has 6 nitrogen and oxygen atoms in total. The third kappa shape index (κ3) is 2.84. The molecule has 1 aliphatic heterocycles. The Hall–Kier alpha value is -2.68. The second kappa shape index (κ2) is 5.98. The van der Waals surface area contributed by atoms with Crippen molar-refractivity contribution in [3.8, 4) is 6.07 Å². The van der Waals surface area contributed by atoms with Crippen LogP contribution in [0.1, 0.15) is 17.1 Å². The van der Waals surface area contributed by atoms with Gasteiger partial charge in [0.1, 0.15) is 23.5 Å². The molecule has 0 bridgehead atoms. The Bertz CT molecular complexity index is 713. The number of pyridine rings is 1. The zero-order chi connectivity index (χ0) is 15.5. The van der Waals surface area contributed by atoms with Gasteiger partial charge in [-0.25, -0.2) is 15.0 Å². The van der Waals surface area contributed by atoms with Crippen molar-refractivity contribution < 1.29 is 0 Å². The fourth-order valence-electron chi connectivity index (χ4n) is 2.64. The summed E-state index contributed by atoms with van der Waals surface area (Å²) in [5.74, 6) is 2.54. The number of hydrogen-bond donors (Lipinski definition) is 0. The number of piperazine rings is 1. The third-order valence-corrected chi connectivity index (χ3v) is 3.80. The van der Waals surface area contributed by atoms with E-state index in [-0.39, 0.29) is 0 Å². The van der Waals surface area contributed by atoms with Gasteiger partial charge in [-0.05, 0) is 32.0 Å². The van der Waals surface area contributed by atoms with Crippen LogP contribution in [0.3, 0.4) is 0 Å². The minimum atomic E-state index is 0.636. The van der Waals surface area contributed by atoms with Gasteiger partial charge in [0.2, 0.25) is 0 Å². The van der Waals surface area contributed by atoms with Crippen LogP contribution in [-0.4, -0.2) is 41.1 Å². The van der Waals surface area contributed by atoms with Gasteiger partial charge in [-0.3, -0.25) is 0 Å². The largest absolute Gasteiger partial charge is 0.353 e. The Labute approximate surface area is 130 Å². The normalized spacial score (nSPS) is 14.8. The summed E-state index contributed by atoms with van der Waals surface area (Å²) in [6.07, 6.45) is 1.79. The lowest BCUT2D eigenvalue weighted by Crippen LogP contribution is -2.47. The summed E-state index contributed by atoms with van der Waals surface area (Å²) in [5.41, 5.74) is 1.57. The number of anilines is 2. The fraction of sp³-hybridized carbons (Fsp3) is 0.375. The van der Waals surface area contributed by atoms with E-state index in [4.69, 9.17) is 0 Å². The van der Waals surface area contributed by atoms with Gasteiger partial charge >= 0.3 is 0 Å². The average molecular weight is 294 g/mol. The van der Waals surface area contributed by atoms with E-state index in [1.165, 1.54) is 0 Å². The molecule has 2 aromatic rings. The molecule has 3 rings (SSSR count). The summed E-state index contributed by atoms with van der Waals surface area (Å²) in [4.78, 5) is 17.6. The Morgan fingerprint density at radius 2 is 1.73 bits per heavy atom. The number of aromatic nitrogens is 3. The first-order chi connectivity index (χ1) is 10.7. The molecular weight excluding hydrogens is 276 g/mol. The summed E-state index contributed by atoms with van der Waals surface area (Å²) in [5, 5.41) is 9.26. The molecule has 0 radical (unpaired) electrons. The predicted molar refractivity (Wildman–Crippen MR) is 84.9 cm³/mol. The van der Waals surface area contributed by atoms with Gasteiger partial charge in [0, 0.05) is 38.1 Å². The second-order valence-corrected chi connectivity index (χ2v) is 5.37. The second-order valence-electron chi connectivity index (χ2n) is 5.37. The Balaban J connectivity index is 1.75. The molecule has 0 amide bonds. The predicted octanol–water partition coefficient (Wildman–Crippen LogP) is 1.69. The molecule has 0 atom stereocenters. The van der Waals surface area contributed by atoms with Gasteiger partial charge in [0.05, 0.1) is 5.56 Å². The molecule has 0 saturated carbocycles. The number of hydrogen-bond acceptors (Lipinski definition) is 6. The molecular formula is C16H18N6. The van der Waals surface area contributed by atoms with E-state index in [1.807, 2.05) is 32.0 Å². The van der Waals surface area contributed by atoms with E-state index in [9.17, 15) is 5.26 Å². The molecule has 3 heterocycles. The lowest BCUT2D eigenvalue weighted by molar-refractivity contribution is 0.639. The molecule has 2 aromatic heterocycles. The first-order valence-corrected chi connectivity index (χ1v) is 7.34.